The lowest BCUT2D eigenvalue weighted by molar-refractivity contribution is 0.260. The lowest BCUT2D eigenvalue weighted by Crippen LogP contribution is -2.09. The molecule has 2 aromatic carbocycles. The maximum absolute atomic E-state index is 9.82. The maximum atomic E-state index is 9.82. The molecule has 0 heterocycles. The Labute approximate surface area is 113 Å². The number of ether oxygens (including phenoxy) is 1. The predicted octanol–water partition coefficient (Wildman–Crippen LogP) is 2.72. The molecule has 0 aromatic heterocycles. The summed E-state index contributed by atoms with van der Waals surface area (Å²) < 4.78 is 5.32. The van der Waals surface area contributed by atoms with E-state index in [4.69, 9.17) is 4.74 Å². The van der Waals surface area contributed by atoms with Gasteiger partial charge in [0.15, 0.2) is 0 Å². The number of para-hydroxylation sites is 2. The first-order chi connectivity index (χ1) is 9.26. The van der Waals surface area contributed by atoms with Gasteiger partial charge in [0.1, 0.15) is 11.5 Å². The van der Waals surface area contributed by atoms with Gasteiger partial charge in [-0.3, -0.25) is 0 Å². The third kappa shape index (κ3) is 3.06. The van der Waals surface area contributed by atoms with E-state index in [0.717, 1.165) is 16.9 Å². The van der Waals surface area contributed by atoms with Crippen molar-refractivity contribution in [3.05, 3.63) is 59.7 Å². The van der Waals surface area contributed by atoms with Crippen molar-refractivity contribution >= 4 is 0 Å². The molecule has 0 aliphatic carbocycles. The van der Waals surface area contributed by atoms with Gasteiger partial charge in [0, 0.05) is 5.92 Å². The number of phenolic OH excluding ortho intramolecular Hbond substituents is 1. The zero-order valence-electron chi connectivity index (χ0n) is 10.9. The van der Waals surface area contributed by atoms with Crippen LogP contribution in [0, 0.1) is 0 Å². The van der Waals surface area contributed by atoms with E-state index in [1.54, 1.807) is 19.2 Å². The Bertz CT molecular complexity index is 537. The number of benzene rings is 2. The first-order valence-corrected chi connectivity index (χ1v) is 6.27. The van der Waals surface area contributed by atoms with Crippen molar-refractivity contribution in [2.24, 2.45) is 0 Å². The minimum Gasteiger partial charge on any atom is -0.508 e. The molecular formula is C16H18O3. The first kappa shape index (κ1) is 13.4. The zero-order chi connectivity index (χ0) is 13.7. The van der Waals surface area contributed by atoms with Gasteiger partial charge >= 0.3 is 0 Å². The number of aliphatic hydroxyl groups is 1. The fraction of sp³-hybridized carbons (Fsp3) is 0.250. The number of rotatable bonds is 5. The molecule has 19 heavy (non-hydrogen) atoms. The molecule has 0 saturated heterocycles. The van der Waals surface area contributed by atoms with E-state index >= 15 is 0 Å². The van der Waals surface area contributed by atoms with Gasteiger partial charge in [-0.2, -0.15) is 0 Å². The van der Waals surface area contributed by atoms with Crippen LogP contribution in [-0.2, 0) is 6.42 Å². The third-order valence-electron chi connectivity index (χ3n) is 3.26. The summed E-state index contributed by atoms with van der Waals surface area (Å²) in [6, 6.07) is 14.8. The van der Waals surface area contributed by atoms with Crippen LogP contribution < -0.4 is 4.74 Å². The quantitative estimate of drug-likeness (QED) is 0.867. The van der Waals surface area contributed by atoms with E-state index in [9.17, 15) is 10.2 Å². The summed E-state index contributed by atoms with van der Waals surface area (Å²) in [6.45, 7) is 0.00864. The van der Waals surface area contributed by atoms with Crippen LogP contribution in [0.2, 0.25) is 0 Å². The summed E-state index contributed by atoms with van der Waals surface area (Å²) in [5, 5.41) is 19.4. The van der Waals surface area contributed by atoms with Crippen LogP contribution in [0.25, 0.3) is 0 Å². The van der Waals surface area contributed by atoms with Crippen LogP contribution in [-0.4, -0.2) is 23.9 Å². The zero-order valence-corrected chi connectivity index (χ0v) is 10.9. The molecular weight excluding hydrogens is 240 g/mol. The van der Waals surface area contributed by atoms with Crippen LogP contribution in [0.4, 0.5) is 0 Å². The van der Waals surface area contributed by atoms with Gasteiger partial charge in [-0.05, 0) is 29.7 Å². The summed E-state index contributed by atoms with van der Waals surface area (Å²) in [6.07, 6.45) is 0.573. The third-order valence-corrected chi connectivity index (χ3v) is 3.26. The van der Waals surface area contributed by atoms with E-state index in [1.165, 1.54) is 0 Å². The van der Waals surface area contributed by atoms with E-state index in [2.05, 4.69) is 0 Å². The van der Waals surface area contributed by atoms with Crippen LogP contribution >= 0.6 is 0 Å². The summed E-state index contributed by atoms with van der Waals surface area (Å²) in [5.41, 5.74) is 1.78. The molecule has 0 bridgehead atoms. The Balaban J connectivity index is 2.28. The van der Waals surface area contributed by atoms with Crippen LogP contribution in [0.15, 0.2) is 48.5 Å². The summed E-state index contributed by atoms with van der Waals surface area (Å²) >= 11 is 0. The first-order valence-electron chi connectivity index (χ1n) is 6.27. The van der Waals surface area contributed by atoms with Crippen molar-refractivity contribution in [3.8, 4) is 11.5 Å². The highest BCUT2D eigenvalue weighted by Crippen LogP contribution is 2.31. The smallest absolute Gasteiger partial charge is 0.122 e. The summed E-state index contributed by atoms with van der Waals surface area (Å²) in [5.74, 6) is 0.928. The molecule has 3 heteroatoms. The van der Waals surface area contributed by atoms with Crippen molar-refractivity contribution in [3.63, 3.8) is 0 Å². The van der Waals surface area contributed by atoms with Gasteiger partial charge in [-0.1, -0.05) is 36.4 Å². The molecule has 0 saturated carbocycles. The highest BCUT2D eigenvalue weighted by Gasteiger charge is 2.17. The number of hydrogen-bond donors (Lipinski definition) is 2. The van der Waals surface area contributed by atoms with E-state index < -0.39 is 0 Å². The average molecular weight is 258 g/mol. The van der Waals surface area contributed by atoms with Crippen molar-refractivity contribution in [2.75, 3.05) is 13.7 Å². The van der Waals surface area contributed by atoms with E-state index in [0.29, 0.717) is 6.42 Å². The van der Waals surface area contributed by atoms with Crippen molar-refractivity contribution in [2.45, 2.75) is 12.3 Å². The molecule has 1 atom stereocenters. The molecule has 2 rings (SSSR count). The standard InChI is InChI=1S/C16H18O3/c1-19-16-9-5-3-7-14(16)13(11-17)10-12-6-2-4-8-15(12)18/h2-9,13,17-18H,10-11H2,1H3. The molecule has 2 aromatic rings. The summed E-state index contributed by atoms with van der Waals surface area (Å²) in [4.78, 5) is 0. The molecule has 1 unspecified atom stereocenters. The molecule has 0 spiro atoms. The largest absolute Gasteiger partial charge is 0.508 e. The Kier molecular flexibility index (Phi) is 4.42. The highest BCUT2D eigenvalue weighted by atomic mass is 16.5. The second-order valence-electron chi connectivity index (χ2n) is 4.45. The second-order valence-corrected chi connectivity index (χ2v) is 4.45. The fourth-order valence-corrected chi connectivity index (χ4v) is 2.23. The topological polar surface area (TPSA) is 49.7 Å². The molecule has 0 aliphatic heterocycles. The van der Waals surface area contributed by atoms with Gasteiger partial charge in [0.25, 0.3) is 0 Å². The lowest BCUT2D eigenvalue weighted by Gasteiger charge is -2.18. The van der Waals surface area contributed by atoms with E-state index in [-0.39, 0.29) is 18.3 Å². The van der Waals surface area contributed by atoms with Gasteiger partial charge in [0.05, 0.1) is 13.7 Å². The Hall–Kier alpha value is -2.00. The van der Waals surface area contributed by atoms with Crippen molar-refractivity contribution in [1.82, 2.24) is 0 Å². The number of phenols is 1. The molecule has 2 N–H and O–H groups in total. The summed E-state index contributed by atoms with van der Waals surface area (Å²) in [7, 11) is 1.62. The molecule has 3 nitrogen and oxygen atoms in total. The van der Waals surface area contributed by atoms with Crippen LogP contribution in [0.1, 0.15) is 17.0 Å². The number of hydrogen-bond acceptors (Lipinski definition) is 3. The van der Waals surface area contributed by atoms with Crippen LogP contribution in [0.5, 0.6) is 11.5 Å². The van der Waals surface area contributed by atoms with E-state index in [1.807, 2.05) is 36.4 Å². The molecule has 0 aliphatic rings. The fourth-order valence-electron chi connectivity index (χ4n) is 2.23. The van der Waals surface area contributed by atoms with Gasteiger partial charge in [-0.25, -0.2) is 0 Å². The minimum absolute atomic E-state index is 0.00864. The van der Waals surface area contributed by atoms with Gasteiger partial charge in [-0.15, -0.1) is 0 Å². The minimum atomic E-state index is -0.0931. The average Bonchev–Trinajstić information content (AvgIpc) is 2.46. The monoisotopic (exact) mass is 258 g/mol. The molecule has 0 fully saturated rings. The van der Waals surface area contributed by atoms with Gasteiger partial charge < -0.3 is 14.9 Å². The highest BCUT2D eigenvalue weighted by molar-refractivity contribution is 5.39. The number of methoxy groups -OCH3 is 1. The molecule has 0 amide bonds. The van der Waals surface area contributed by atoms with Crippen molar-refractivity contribution in [1.29, 1.82) is 0 Å². The SMILES string of the molecule is COc1ccccc1C(CO)Cc1ccccc1O. The predicted molar refractivity (Wildman–Crippen MR) is 74.6 cm³/mol. The Morgan fingerprint density at radius 1 is 1.05 bits per heavy atom. The molecule has 0 radical (unpaired) electrons. The van der Waals surface area contributed by atoms with Crippen LogP contribution in [0.3, 0.4) is 0 Å². The van der Waals surface area contributed by atoms with Crippen molar-refractivity contribution < 1.29 is 14.9 Å². The maximum Gasteiger partial charge on any atom is 0.122 e. The Morgan fingerprint density at radius 2 is 1.74 bits per heavy atom. The Morgan fingerprint density at radius 3 is 2.42 bits per heavy atom. The number of aromatic hydroxyl groups is 1. The van der Waals surface area contributed by atoms with Gasteiger partial charge in [0.2, 0.25) is 0 Å². The lowest BCUT2D eigenvalue weighted by atomic mass is 9.91. The normalized spacial score (nSPS) is 12.1. The molecule has 100 valence electrons. The second kappa shape index (κ2) is 6.25. The number of aliphatic hydroxyl groups excluding tert-OH is 1.